The molecule has 0 saturated carbocycles. The van der Waals surface area contributed by atoms with E-state index in [1.165, 1.54) is 0 Å². The van der Waals surface area contributed by atoms with E-state index in [4.69, 9.17) is 9.84 Å². The van der Waals surface area contributed by atoms with Gasteiger partial charge in [0.05, 0.1) is 24.3 Å². The van der Waals surface area contributed by atoms with Gasteiger partial charge in [0.25, 0.3) is 0 Å². The third-order valence-electron chi connectivity index (χ3n) is 2.65. The van der Waals surface area contributed by atoms with E-state index in [9.17, 15) is 4.79 Å². The molecule has 0 spiro atoms. The molecule has 1 heterocycles. The number of carbonyl (C=O) groups is 1. The highest BCUT2D eigenvalue weighted by molar-refractivity contribution is 5.75. The number of ether oxygens (including phenoxy) is 1. The number of aromatic nitrogens is 2. The molecule has 0 unspecified atom stereocenters. The normalized spacial score (nSPS) is 10.5. The molecule has 5 nitrogen and oxygen atoms in total. The number of aliphatic carboxylic acids is 1. The van der Waals surface area contributed by atoms with E-state index in [0.717, 1.165) is 23.0 Å². The summed E-state index contributed by atoms with van der Waals surface area (Å²) < 4.78 is 5.00. The van der Waals surface area contributed by atoms with Crippen molar-refractivity contribution in [2.24, 2.45) is 0 Å². The van der Waals surface area contributed by atoms with Crippen molar-refractivity contribution in [3.63, 3.8) is 0 Å². The lowest BCUT2D eigenvalue weighted by Gasteiger charge is -2.03. The van der Waals surface area contributed by atoms with Gasteiger partial charge in [0.2, 0.25) is 5.88 Å². The van der Waals surface area contributed by atoms with E-state index in [1.807, 2.05) is 18.2 Å². The Kier molecular flexibility index (Phi) is 3.72. The van der Waals surface area contributed by atoms with Gasteiger partial charge in [0.1, 0.15) is 0 Å². The molecule has 0 aliphatic carbocycles. The maximum absolute atomic E-state index is 10.4. The smallest absolute Gasteiger partial charge is 0.303 e. The molecule has 0 aliphatic rings. The minimum atomic E-state index is -0.764. The van der Waals surface area contributed by atoms with Crippen LogP contribution in [-0.2, 0) is 11.2 Å². The molecule has 0 saturated heterocycles. The van der Waals surface area contributed by atoms with Crippen LogP contribution in [0.3, 0.4) is 0 Å². The second-order valence-electron chi connectivity index (χ2n) is 3.98. The molecule has 1 aromatic heterocycles. The van der Waals surface area contributed by atoms with Crippen molar-refractivity contribution in [3.8, 4) is 5.88 Å². The fourth-order valence-electron chi connectivity index (χ4n) is 1.74. The van der Waals surface area contributed by atoms with E-state index in [0.29, 0.717) is 12.3 Å². The van der Waals surface area contributed by atoms with Gasteiger partial charge in [0.15, 0.2) is 0 Å². The molecule has 18 heavy (non-hydrogen) atoms. The average Bonchev–Trinajstić information content (AvgIpc) is 2.37. The summed E-state index contributed by atoms with van der Waals surface area (Å²) in [4.78, 5) is 19.0. The Morgan fingerprint density at radius 3 is 2.94 bits per heavy atom. The van der Waals surface area contributed by atoms with Crippen molar-refractivity contribution in [1.82, 2.24) is 9.97 Å². The van der Waals surface area contributed by atoms with Crippen LogP contribution < -0.4 is 4.74 Å². The SMILES string of the molecule is COc1cnc2cc(CCCC(=O)O)ccc2n1. The first-order chi connectivity index (χ1) is 8.69. The second kappa shape index (κ2) is 5.44. The molecule has 0 atom stereocenters. The Bertz CT molecular complexity index is 569. The molecular formula is C13H14N2O3. The van der Waals surface area contributed by atoms with Crippen LogP contribution in [0.5, 0.6) is 5.88 Å². The highest BCUT2D eigenvalue weighted by Gasteiger charge is 2.03. The summed E-state index contributed by atoms with van der Waals surface area (Å²) in [6.45, 7) is 0. The molecule has 2 aromatic rings. The van der Waals surface area contributed by atoms with Crippen molar-refractivity contribution >= 4 is 17.0 Å². The quantitative estimate of drug-likeness (QED) is 0.874. The first-order valence-electron chi connectivity index (χ1n) is 5.70. The van der Waals surface area contributed by atoms with Crippen molar-refractivity contribution in [1.29, 1.82) is 0 Å². The number of hydrogen-bond donors (Lipinski definition) is 1. The summed E-state index contributed by atoms with van der Waals surface area (Å²) in [5.41, 5.74) is 2.64. The zero-order valence-corrected chi connectivity index (χ0v) is 10.1. The lowest BCUT2D eigenvalue weighted by molar-refractivity contribution is -0.137. The van der Waals surface area contributed by atoms with Crippen LogP contribution in [0.1, 0.15) is 18.4 Å². The molecule has 1 N–H and O–H groups in total. The number of nitrogens with zero attached hydrogens (tertiary/aromatic N) is 2. The molecule has 2 rings (SSSR count). The molecular weight excluding hydrogens is 232 g/mol. The van der Waals surface area contributed by atoms with Crippen LogP contribution in [0.4, 0.5) is 0 Å². The highest BCUT2D eigenvalue weighted by Crippen LogP contribution is 2.16. The summed E-state index contributed by atoms with van der Waals surface area (Å²) in [5, 5.41) is 8.58. The second-order valence-corrected chi connectivity index (χ2v) is 3.98. The maximum atomic E-state index is 10.4. The molecule has 0 bridgehead atoms. The Hall–Kier alpha value is -2.17. The van der Waals surface area contributed by atoms with Gasteiger partial charge >= 0.3 is 5.97 Å². The number of benzene rings is 1. The number of aryl methyl sites for hydroxylation is 1. The van der Waals surface area contributed by atoms with E-state index in [1.54, 1.807) is 13.3 Å². The van der Waals surface area contributed by atoms with Gasteiger partial charge in [-0.2, -0.15) is 0 Å². The molecule has 1 aromatic carbocycles. The van der Waals surface area contributed by atoms with Gasteiger partial charge in [-0.3, -0.25) is 4.79 Å². The third-order valence-corrected chi connectivity index (χ3v) is 2.65. The topological polar surface area (TPSA) is 72.3 Å². The summed E-state index contributed by atoms with van der Waals surface area (Å²) in [6.07, 6.45) is 3.12. The summed E-state index contributed by atoms with van der Waals surface area (Å²) >= 11 is 0. The standard InChI is InChI=1S/C13H14N2O3/c1-18-12-8-14-11-7-9(3-2-4-13(16)17)5-6-10(11)15-12/h5-8H,2-4H2,1H3,(H,16,17). The van der Waals surface area contributed by atoms with Crippen LogP contribution in [0.2, 0.25) is 0 Å². The largest absolute Gasteiger partial charge is 0.481 e. The van der Waals surface area contributed by atoms with Crippen molar-refractivity contribution in [3.05, 3.63) is 30.0 Å². The minimum Gasteiger partial charge on any atom is -0.481 e. The Morgan fingerprint density at radius 2 is 2.22 bits per heavy atom. The maximum Gasteiger partial charge on any atom is 0.303 e. The fourth-order valence-corrected chi connectivity index (χ4v) is 1.74. The average molecular weight is 246 g/mol. The van der Waals surface area contributed by atoms with Crippen LogP contribution in [0.25, 0.3) is 11.0 Å². The number of fused-ring (bicyclic) bond motifs is 1. The van der Waals surface area contributed by atoms with Gasteiger partial charge in [-0.05, 0) is 30.5 Å². The van der Waals surface area contributed by atoms with Gasteiger partial charge in [-0.15, -0.1) is 0 Å². The fraction of sp³-hybridized carbons (Fsp3) is 0.308. The molecule has 0 radical (unpaired) electrons. The zero-order valence-electron chi connectivity index (χ0n) is 10.1. The predicted octanol–water partition coefficient (Wildman–Crippen LogP) is 2.05. The van der Waals surface area contributed by atoms with E-state index in [-0.39, 0.29) is 6.42 Å². The van der Waals surface area contributed by atoms with E-state index >= 15 is 0 Å². The molecule has 0 aliphatic heterocycles. The number of methoxy groups -OCH3 is 1. The molecule has 94 valence electrons. The van der Waals surface area contributed by atoms with Gasteiger partial charge in [-0.25, -0.2) is 9.97 Å². The molecule has 0 amide bonds. The van der Waals surface area contributed by atoms with Crippen LogP contribution in [0.15, 0.2) is 24.4 Å². The van der Waals surface area contributed by atoms with Crippen molar-refractivity contribution < 1.29 is 14.6 Å². The summed E-state index contributed by atoms with van der Waals surface area (Å²) in [6, 6.07) is 5.75. The number of hydrogen-bond acceptors (Lipinski definition) is 4. The minimum absolute atomic E-state index is 0.187. The predicted molar refractivity (Wildman–Crippen MR) is 66.7 cm³/mol. The van der Waals surface area contributed by atoms with E-state index < -0.39 is 5.97 Å². The van der Waals surface area contributed by atoms with E-state index in [2.05, 4.69) is 9.97 Å². The number of rotatable bonds is 5. The zero-order chi connectivity index (χ0) is 13.0. The number of carboxylic acids is 1. The third kappa shape index (κ3) is 2.94. The molecule has 5 heteroatoms. The van der Waals surface area contributed by atoms with Crippen LogP contribution in [0, 0.1) is 0 Å². The first-order valence-corrected chi connectivity index (χ1v) is 5.70. The Labute approximate surface area is 104 Å². The summed E-state index contributed by atoms with van der Waals surface area (Å²) in [7, 11) is 1.55. The van der Waals surface area contributed by atoms with Crippen molar-refractivity contribution in [2.45, 2.75) is 19.3 Å². The van der Waals surface area contributed by atoms with Gasteiger partial charge < -0.3 is 9.84 Å². The van der Waals surface area contributed by atoms with Crippen LogP contribution in [-0.4, -0.2) is 28.2 Å². The van der Waals surface area contributed by atoms with Gasteiger partial charge in [0, 0.05) is 6.42 Å². The molecule has 0 fully saturated rings. The first kappa shape index (κ1) is 12.3. The lowest BCUT2D eigenvalue weighted by atomic mass is 10.1. The van der Waals surface area contributed by atoms with Crippen molar-refractivity contribution in [2.75, 3.05) is 7.11 Å². The number of carboxylic acid groups (broad SMARTS) is 1. The monoisotopic (exact) mass is 246 g/mol. The summed E-state index contributed by atoms with van der Waals surface area (Å²) in [5.74, 6) is -0.276. The Balaban J connectivity index is 2.15. The van der Waals surface area contributed by atoms with Crippen LogP contribution >= 0.6 is 0 Å². The van der Waals surface area contributed by atoms with Gasteiger partial charge in [-0.1, -0.05) is 6.07 Å². The highest BCUT2D eigenvalue weighted by atomic mass is 16.5. The lowest BCUT2D eigenvalue weighted by Crippen LogP contribution is -1.96. The Morgan fingerprint density at radius 1 is 1.39 bits per heavy atom.